The first-order chi connectivity index (χ1) is 14.5. The summed E-state index contributed by atoms with van der Waals surface area (Å²) in [6, 6.07) is 6.03. The Bertz CT molecular complexity index is 874. The van der Waals surface area contributed by atoms with Crippen LogP contribution < -0.4 is 0 Å². The third kappa shape index (κ3) is 6.00. The number of halogens is 1. The van der Waals surface area contributed by atoms with Crippen LogP contribution in [-0.4, -0.2) is 34.9 Å². The fourth-order valence-electron chi connectivity index (χ4n) is 3.55. The lowest BCUT2D eigenvalue weighted by molar-refractivity contribution is -0.132. The first-order valence-electron chi connectivity index (χ1n) is 10.3. The fourth-order valence-corrected chi connectivity index (χ4v) is 3.55. The lowest BCUT2D eigenvalue weighted by atomic mass is 9.95. The number of ether oxygens (including phenoxy) is 2. The highest BCUT2D eigenvalue weighted by Gasteiger charge is 2.24. The average Bonchev–Trinajstić information content (AvgIpc) is 3.11. The van der Waals surface area contributed by atoms with Crippen molar-refractivity contribution in [1.82, 2.24) is 4.98 Å². The molecule has 1 aromatic heterocycles. The van der Waals surface area contributed by atoms with Gasteiger partial charge in [0.2, 0.25) is 5.89 Å². The van der Waals surface area contributed by atoms with Gasteiger partial charge in [-0.2, -0.15) is 0 Å². The maximum absolute atomic E-state index is 13.1. The maximum atomic E-state index is 13.1. The van der Waals surface area contributed by atoms with Crippen LogP contribution in [-0.2, 0) is 20.9 Å². The van der Waals surface area contributed by atoms with Crippen LogP contribution in [0.1, 0.15) is 50.5 Å². The molecular formula is C23H28FNO5. The number of carbonyl (C=O) groups is 1. The minimum absolute atomic E-state index is 0.0556. The number of rotatable bonds is 9. The normalized spacial score (nSPS) is 19.8. The maximum Gasteiger partial charge on any atom is 0.331 e. The number of nitrogens with zero attached hydrogens (tertiary/aromatic N) is 1. The van der Waals surface area contributed by atoms with E-state index < -0.39 is 5.97 Å². The molecule has 2 aromatic rings. The van der Waals surface area contributed by atoms with Crippen molar-refractivity contribution >= 4 is 5.97 Å². The van der Waals surface area contributed by atoms with E-state index in [1.54, 1.807) is 18.2 Å². The number of hydrogen-bond donors (Lipinski definition) is 1. The van der Waals surface area contributed by atoms with Gasteiger partial charge < -0.3 is 19.0 Å². The van der Waals surface area contributed by atoms with Gasteiger partial charge in [-0.3, -0.25) is 0 Å². The Morgan fingerprint density at radius 1 is 1.27 bits per heavy atom. The summed E-state index contributed by atoms with van der Waals surface area (Å²) in [6.07, 6.45) is 5.89. The predicted octanol–water partition coefficient (Wildman–Crippen LogP) is 5.05. The van der Waals surface area contributed by atoms with E-state index in [0.29, 0.717) is 36.9 Å². The standard InChI is InChI=1S/C23H28FNO5/c1-3-16(23(26)27)11-12-28-19-5-4-6-20(13-19)29-14-21-15(2)30-22(25-21)17-7-9-18(24)10-8-17/h7-11,19-20H,3-6,12-14H2,1-2H3,(H,26,27)/b16-11+/t19-,20+/m1/s1. The SMILES string of the molecule is CC/C(=C\CO[C@@H]1CCC[C@H](OCc2nc(-c3ccc(F)cc3)oc2C)C1)C(=O)O. The molecule has 7 heteroatoms. The smallest absolute Gasteiger partial charge is 0.331 e. The molecular weight excluding hydrogens is 389 g/mol. The van der Waals surface area contributed by atoms with E-state index in [-0.39, 0.29) is 18.0 Å². The van der Waals surface area contributed by atoms with Crippen LogP contribution in [0.4, 0.5) is 4.39 Å². The predicted molar refractivity (Wildman–Crippen MR) is 109 cm³/mol. The Labute approximate surface area is 175 Å². The molecule has 0 saturated heterocycles. The molecule has 1 aromatic carbocycles. The summed E-state index contributed by atoms with van der Waals surface area (Å²) in [5.41, 5.74) is 1.82. The Morgan fingerprint density at radius 2 is 1.97 bits per heavy atom. The van der Waals surface area contributed by atoms with Gasteiger partial charge in [-0.15, -0.1) is 0 Å². The van der Waals surface area contributed by atoms with E-state index in [1.807, 2.05) is 13.8 Å². The number of benzene rings is 1. The second-order valence-corrected chi connectivity index (χ2v) is 7.47. The number of carboxylic acid groups (broad SMARTS) is 1. The van der Waals surface area contributed by atoms with Gasteiger partial charge in [0.15, 0.2) is 0 Å². The molecule has 0 radical (unpaired) electrons. The minimum atomic E-state index is -0.894. The Kier molecular flexibility index (Phi) is 7.76. The number of aryl methyl sites for hydroxylation is 1. The van der Waals surface area contributed by atoms with Gasteiger partial charge in [-0.05, 0) is 69.4 Å². The Balaban J connectivity index is 1.51. The summed E-state index contributed by atoms with van der Waals surface area (Å²) >= 11 is 0. The van der Waals surface area contributed by atoms with E-state index in [4.69, 9.17) is 19.0 Å². The molecule has 0 aliphatic heterocycles. The highest BCUT2D eigenvalue weighted by Crippen LogP contribution is 2.26. The second kappa shape index (κ2) is 10.5. The van der Waals surface area contributed by atoms with Gasteiger partial charge in [-0.25, -0.2) is 14.2 Å². The van der Waals surface area contributed by atoms with Crippen LogP contribution in [0.25, 0.3) is 11.5 Å². The summed E-state index contributed by atoms with van der Waals surface area (Å²) in [5.74, 6) is -0.0605. The van der Waals surface area contributed by atoms with Crippen LogP contribution in [0.3, 0.4) is 0 Å². The molecule has 1 saturated carbocycles. The molecule has 0 unspecified atom stereocenters. The third-order valence-electron chi connectivity index (χ3n) is 5.33. The van der Waals surface area contributed by atoms with Crippen molar-refractivity contribution in [2.24, 2.45) is 0 Å². The number of hydrogen-bond acceptors (Lipinski definition) is 5. The number of oxazole rings is 1. The molecule has 0 bridgehead atoms. The monoisotopic (exact) mass is 417 g/mol. The third-order valence-corrected chi connectivity index (χ3v) is 5.33. The highest BCUT2D eigenvalue weighted by molar-refractivity contribution is 5.86. The van der Waals surface area contributed by atoms with Crippen molar-refractivity contribution in [2.75, 3.05) is 6.61 Å². The van der Waals surface area contributed by atoms with Gasteiger partial charge in [0.05, 0.1) is 25.4 Å². The Hall–Kier alpha value is -2.51. The van der Waals surface area contributed by atoms with Crippen molar-refractivity contribution < 1.29 is 28.2 Å². The second-order valence-electron chi connectivity index (χ2n) is 7.47. The van der Waals surface area contributed by atoms with Crippen molar-refractivity contribution in [3.05, 3.63) is 53.2 Å². The van der Waals surface area contributed by atoms with Crippen LogP contribution in [0.15, 0.2) is 40.3 Å². The molecule has 1 N–H and O–H groups in total. The molecule has 2 atom stereocenters. The zero-order chi connectivity index (χ0) is 21.5. The first kappa shape index (κ1) is 22.2. The summed E-state index contributed by atoms with van der Waals surface area (Å²) in [5, 5.41) is 9.07. The highest BCUT2D eigenvalue weighted by atomic mass is 19.1. The number of aliphatic carboxylic acids is 1. The molecule has 0 amide bonds. The molecule has 6 nitrogen and oxygen atoms in total. The first-order valence-corrected chi connectivity index (χ1v) is 10.3. The minimum Gasteiger partial charge on any atom is -0.478 e. The lowest BCUT2D eigenvalue weighted by Gasteiger charge is -2.28. The molecule has 1 aliphatic rings. The van der Waals surface area contributed by atoms with E-state index in [0.717, 1.165) is 36.9 Å². The zero-order valence-corrected chi connectivity index (χ0v) is 17.4. The molecule has 1 fully saturated rings. The van der Waals surface area contributed by atoms with E-state index >= 15 is 0 Å². The molecule has 30 heavy (non-hydrogen) atoms. The fraction of sp³-hybridized carbons (Fsp3) is 0.478. The average molecular weight is 417 g/mol. The van der Waals surface area contributed by atoms with Crippen molar-refractivity contribution in [3.63, 3.8) is 0 Å². The number of aromatic nitrogens is 1. The zero-order valence-electron chi connectivity index (χ0n) is 17.4. The summed E-state index contributed by atoms with van der Waals surface area (Å²) in [6.45, 7) is 4.30. The topological polar surface area (TPSA) is 81.8 Å². The van der Waals surface area contributed by atoms with E-state index in [2.05, 4.69) is 4.98 Å². The van der Waals surface area contributed by atoms with Crippen LogP contribution in [0.5, 0.6) is 0 Å². The van der Waals surface area contributed by atoms with E-state index in [1.165, 1.54) is 12.1 Å². The molecule has 3 rings (SSSR count). The van der Waals surface area contributed by atoms with Gasteiger partial charge in [0.25, 0.3) is 0 Å². The van der Waals surface area contributed by atoms with Gasteiger partial charge in [0, 0.05) is 11.1 Å². The molecule has 162 valence electrons. The summed E-state index contributed by atoms with van der Waals surface area (Å²) in [7, 11) is 0. The van der Waals surface area contributed by atoms with Crippen molar-refractivity contribution in [2.45, 2.75) is 64.8 Å². The largest absolute Gasteiger partial charge is 0.478 e. The summed E-state index contributed by atoms with van der Waals surface area (Å²) < 4.78 is 30.7. The number of carboxylic acids is 1. The molecule has 1 heterocycles. The van der Waals surface area contributed by atoms with Gasteiger partial charge in [-0.1, -0.05) is 6.92 Å². The molecule has 1 aliphatic carbocycles. The van der Waals surface area contributed by atoms with Crippen molar-refractivity contribution in [3.8, 4) is 11.5 Å². The van der Waals surface area contributed by atoms with Gasteiger partial charge in [0.1, 0.15) is 17.3 Å². The molecule has 0 spiro atoms. The quantitative estimate of drug-likeness (QED) is 0.575. The lowest BCUT2D eigenvalue weighted by Crippen LogP contribution is -2.28. The van der Waals surface area contributed by atoms with Crippen LogP contribution >= 0.6 is 0 Å². The van der Waals surface area contributed by atoms with E-state index in [9.17, 15) is 9.18 Å². The van der Waals surface area contributed by atoms with Crippen molar-refractivity contribution in [1.29, 1.82) is 0 Å². The van der Waals surface area contributed by atoms with Crippen LogP contribution in [0, 0.1) is 12.7 Å². The Morgan fingerprint density at radius 3 is 2.63 bits per heavy atom. The van der Waals surface area contributed by atoms with Crippen LogP contribution in [0.2, 0.25) is 0 Å². The van der Waals surface area contributed by atoms with Gasteiger partial charge >= 0.3 is 5.97 Å². The summed E-state index contributed by atoms with van der Waals surface area (Å²) in [4.78, 5) is 15.5.